The van der Waals surface area contributed by atoms with Crippen LogP contribution in [0.3, 0.4) is 0 Å². The minimum absolute atomic E-state index is 0.0357. The van der Waals surface area contributed by atoms with Crippen molar-refractivity contribution in [3.8, 4) is 0 Å². The van der Waals surface area contributed by atoms with E-state index in [2.05, 4.69) is 10.6 Å². The van der Waals surface area contributed by atoms with Gasteiger partial charge in [0.15, 0.2) is 0 Å². The molecule has 5 heteroatoms. The molecule has 0 spiro atoms. The molecule has 0 heterocycles. The zero-order valence-corrected chi connectivity index (χ0v) is 12.9. The van der Waals surface area contributed by atoms with Gasteiger partial charge in [-0.25, -0.2) is 4.79 Å². The summed E-state index contributed by atoms with van der Waals surface area (Å²) in [6.07, 6.45) is 0.681. The zero-order chi connectivity index (χ0) is 15.8. The fraction of sp³-hybridized carbons (Fsp3) is 0.235. The van der Waals surface area contributed by atoms with Gasteiger partial charge in [-0.2, -0.15) is 0 Å². The van der Waals surface area contributed by atoms with Crippen molar-refractivity contribution in [3.63, 3.8) is 0 Å². The van der Waals surface area contributed by atoms with Crippen LogP contribution in [-0.2, 0) is 19.6 Å². The van der Waals surface area contributed by atoms with Gasteiger partial charge in [-0.1, -0.05) is 54.1 Å². The molecule has 0 aromatic heterocycles. The molecule has 0 aliphatic carbocycles. The van der Waals surface area contributed by atoms with E-state index in [4.69, 9.17) is 11.6 Å². The van der Waals surface area contributed by atoms with Gasteiger partial charge >= 0.3 is 6.03 Å². The fourth-order valence-corrected chi connectivity index (χ4v) is 2.36. The highest BCUT2D eigenvalue weighted by Gasteiger charge is 2.04. The molecule has 0 radical (unpaired) electrons. The van der Waals surface area contributed by atoms with Crippen molar-refractivity contribution in [1.29, 1.82) is 0 Å². The lowest BCUT2D eigenvalue weighted by Gasteiger charge is -2.10. The number of nitrogens with one attached hydrogen (secondary N) is 2. The molecule has 0 atom stereocenters. The number of carbonyl (C=O) groups is 1. The van der Waals surface area contributed by atoms with E-state index in [1.165, 1.54) is 0 Å². The summed E-state index contributed by atoms with van der Waals surface area (Å²) in [5, 5.41) is 15.5. The summed E-state index contributed by atoms with van der Waals surface area (Å²) in [4.78, 5) is 11.8. The maximum absolute atomic E-state index is 11.8. The number of aliphatic hydroxyl groups excluding tert-OH is 1. The fourth-order valence-electron chi connectivity index (χ4n) is 2.13. The van der Waals surface area contributed by atoms with Crippen molar-refractivity contribution in [2.45, 2.75) is 19.6 Å². The first-order valence-corrected chi connectivity index (χ1v) is 7.51. The molecular formula is C17H19ClN2O2. The molecule has 0 aliphatic heterocycles. The second-order valence-corrected chi connectivity index (χ2v) is 5.28. The summed E-state index contributed by atoms with van der Waals surface area (Å²) in [6, 6.07) is 14.8. The van der Waals surface area contributed by atoms with Gasteiger partial charge in [0.05, 0.1) is 6.61 Å². The molecule has 0 fully saturated rings. The number of rotatable bonds is 6. The van der Waals surface area contributed by atoms with Crippen LogP contribution in [0.15, 0.2) is 48.5 Å². The van der Waals surface area contributed by atoms with E-state index in [1.807, 2.05) is 48.5 Å². The average molecular weight is 319 g/mol. The van der Waals surface area contributed by atoms with Gasteiger partial charge < -0.3 is 15.7 Å². The number of hydrogen-bond donors (Lipinski definition) is 3. The number of benzene rings is 2. The minimum Gasteiger partial charge on any atom is -0.392 e. The Hall–Kier alpha value is -2.04. The number of carbonyl (C=O) groups excluding carboxylic acids is 1. The summed E-state index contributed by atoms with van der Waals surface area (Å²) in [5.41, 5.74) is 2.74. The minimum atomic E-state index is -0.236. The lowest BCUT2D eigenvalue weighted by molar-refractivity contribution is 0.240. The van der Waals surface area contributed by atoms with Crippen LogP contribution in [0.2, 0.25) is 5.02 Å². The van der Waals surface area contributed by atoms with Crippen LogP contribution in [0.5, 0.6) is 0 Å². The van der Waals surface area contributed by atoms with Gasteiger partial charge in [0, 0.05) is 18.1 Å². The first-order valence-electron chi connectivity index (χ1n) is 7.13. The van der Waals surface area contributed by atoms with Gasteiger partial charge in [-0.05, 0) is 29.2 Å². The summed E-state index contributed by atoms with van der Waals surface area (Å²) in [7, 11) is 0. The Morgan fingerprint density at radius 3 is 2.27 bits per heavy atom. The lowest BCUT2D eigenvalue weighted by Crippen LogP contribution is -2.36. The van der Waals surface area contributed by atoms with Crippen molar-refractivity contribution in [3.05, 3.63) is 70.2 Å². The molecule has 22 heavy (non-hydrogen) atoms. The van der Waals surface area contributed by atoms with E-state index in [-0.39, 0.29) is 12.6 Å². The molecule has 0 saturated heterocycles. The summed E-state index contributed by atoms with van der Waals surface area (Å²) in [5.74, 6) is 0. The Balaban J connectivity index is 1.75. The monoisotopic (exact) mass is 318 g/mol. The van der Waals surface area contributed by atoms with Crippen LogP contribution in [-0.4, -0.2) is 17.7 Å². The quantitative estimate of drug-likeness (QED) is 0.767. The van der Waals surface area contributed by atoms with Gasteiger partial charge in [0.25, 0.3) is 0 Å². The summed E-state index contributed by atoms with van der Waals surface area (Å²) < 4.78 is 0. The molecule has 2 aromatic carbocycles. The summed E-state index contributed by atoms with van der Waals surface area (Å²) >= 11 is 6.06. The largest absolute Gasteiger partial charge is 0.392 e. The molecule has 4 nitrogen and oxygen atoms in total. The average Bonchev–Trinajstić information content (AvgIpc) is 2.55. The third-order valence-corrected chi connectivity index (χ3v) is 3.73. The Morgan fingerprint density at radius 2 is 1.59 bits per heavy atom. The molecule has 3 N–H and O–H groups in total. The first kappa shape index (κ1) is 16.3. The predicted octanol–water partition coefficient (Wildman–Crippen LogP) is 2.87. The third kappa shape index (κ3) is 4.76. The SMILES string of the molecule is O=C(NCCc1ccccc1Cl)NCc1ccccc1CO. The van der Waals surface area contributed by atoms with Crippen LogP contribution in [0, 0.1) is 0 Å². The maximum Gasteiger partial charge on any atom is 0.315 e. The van der Waals surface area contributed by atoms with E-state index >= 15 is 0 Å². The smallest absolute Gasteiger partial charge is 0.315 e. The topological polar surface area (TPSA) is 61.4 Å². The van der Waals surface area contributed by atoms with Crippen LogP contribution in [0.4, 0.5) is 4.79 Å². The van der Waals surface area contributed by atoms with Crippen molar-refractivity contribution in [2.75, 3.05) is 6.54 Å². The normalized spacial score (nSPS) is 10.3. The van der Waals surface area contributed by atoms with Gasteiger partial charge in [0.1, 0.15) is 0 Å². The predicted molar refractivity (Wildman–Crippen MR) is 87.8 cm³/mol. The Kier molecular flexibility index (Phi) is 6.25. The first-order chi connectivity index (χ1) is 10.7. The number of halogens is 1. The number of urea groups is 1. The Morgan fingerprint density at radius 1 is 0.955 bits per heavy atom. The summed E-state index contributed by atoms with van der Waals surface area (Å²) in [6.45, 7) is 0.859. The van der Waals surface area contributed by atoms with Crippen molar-refractivity contribution < 1.29 is 9.90 Å². The van der Waals surface area contributed by atoms with Gasteiger partial charge in [-0.15, -0.1) is 0 Å². The van der Waals surface area contributed by atoms with Crippen molar-refractivity contribution >= 4 is 17.6 Å². The molecule has 0 bridgehead atoms. The zero-order valence-electron chi connectivity index (χ0n) is 12.2. The Bertz CT molecular complexity index is 632. The van der Waals surface area contributed by atoms with Crippen molar-refractivity contribution in [2.24, 2.45) is 0 Å². The van der Waals surface area contributed by atoms with E-state index < -0.39 is 0 Å². The highest BCUT2D eigenvalue weighted by Crippen LogP contribution is 2.14. The standard InChI is InChI=1S/C17H19ClN2O2/c18-16-8-4-3-5-13(16)9-10-19-17(22)20-11-14-6-1-2-7-15(14)12-21/h1-8,21H,9-12H2,(H2,19,20,22). The van der Waals surface area contributed by atoms with Crippen molar-refractivity contribution in [1.82, 2.24) is 10.6 Å². The van der Waals surface area contributed by atoms with Crippen LogP contribution in [0.25, 0.3) is 0 Å². The maximum atomic E-state index is 11.8. The second-order valence-electron chi connectivity index (χ2n) is 4.88. The van der Waals surface area contributed by atoms with Gasteiger partial charge in [0.2, 0.25) is 0 Å². The van der Waals surface area contributed by atoms with Crippen LogP contribution < -0.4 is 10.6 Å². The van der Waals surface area contributed by atoms with Gasteiger partial charge in [-0.3, -0.25) is 0 Å². The Labute approximate surface area is 135 Å². The van der Waals surface area contributed by atoms with E-state index in [0.29, 0.717) is 24.5 Å². The number of hydrogen-bond acceptors (Lipinski definition) is 2. The second kappa shape index (κ2) is 8.41. The molecule has 2 aromatic rings. The highest BCUT2D eigenvalue weighted by atomic mass is 35.5. The molecule has 116 valence electrons. The number of amides is 2. The van der Waals surface area contributed by atoms with E-state index in [1.54, 1.807) is 0 Å². The lowest BCUT2D eigenvalue weighted by atomic mass is 10.1. The molecule has 0 unspecified atom stereocenters. The number of aliphatic hydroxyl groups is 1. The highest BCUT2D eigenvalue weighted by molar-refractivity contribution is 6.31. The van der Waals surface area contributed by atoms with E-state index in [9.17, 15) is 9.90 Å². The van der Waals surface area contributed by atoms with Crippen LogP contribution in [0.1, 0.15) is 16.7 Å². The van der Waals surface area contributed by atoms with Crippen LogP contribution >= 0.6 is 11.6 Å². The molecule has 2 amide bonds. The molecule has 0 aliphatic rings. The molecule has 2 rings (SSSR count). The molecule has 0 saturated carbocycles. The van der Waals surface area contributed by atoms with E-state index in [0.717, 1.165) is 16.7 Å². The molecular weight excluding hydrogens is 300 g/mol. The third-order valence-electron chi connectivity index (χ3n) is 3.37.